The van der Waals surface area contributed by atoms with Crippen LogP contribution in [-0.4, -0.2) is 102 Å². The molecular formula is C47H72N8O9. The van der Waals surface area contributed by atoms with E-state index < -0.39 is 94.8 Å². The molecule has 17 nitrogen and oxygen atoms in total. The van der Waals surface area contributed by atoms with Gasteiger partial charge in [0.15, 0.2) is 0 Å². The van der Waals surface area contributed by atoms with Gasteiger partial charge in [-0.1, -0.05) is 102 Å². The van der Waals surface area contributed by atoms with Gasteiger partial charge in [-0.15, -0.1) is 0 Å². The Bertz CT molecular complexity index is 1900. The summed E-state index contributed by atoms with van der Waals surface area (Å²) < 4.78 is 5.39. The van der Waals surface area contributed by atoms with Gasteiger partial charge in [-0.05, 0) is 76.8 Å². The summed E-state index contributed by atoms with van der Waals surface area (Å²) in [6, 6.07) is 11.5. The zero-order chi connectivity index (χ0) is 48.5. The summed E-state index contributed by atoms with van der Waals surface area (Å²) in [4.78, 5) is 108. The van der Waals surface area contributed by atoms with Crippen molar-refractivity contribution in [2.45, 2.75) is 150 Å². The van der Waals surface area contributed by atoms with Crippen LogP contribution in [-0.2, 0) is 51.1 Å². The monoisotopic (exact) mass is 893 g/mol. The predicted molar refractivity (Wildman–Crippen MR) is 244 cm³/mol. The predicted octanol–water partition coefficient (Wildman–Crippen LogP) is 2.81. The lowest BCUT2D eigenvalue weighted by atomic mass is 9.98. The molecule has 2 aromatic rings. The molecule has 0 aliphatic carbocycles. The third-order valence-electron chi connectivity index (χ3n) is 10.0. The first-order valence-corrected chi connectivity index (χ1v) is 21.9. The molecule has 0 fully saturated rings. The number of ether oxygens (including phenoxy) is 1. The second kappa shape index (κ2) is 24.7. The first-order chi connectivity index (χ1) is 29.7. The van der Waals surface area contributed by atoms with Crippen molar-refractivity contribution in [3.63, 3.8) is 0 Å². The highest BCUT2D eigenvalue weighted by Gasteiger charge is 2.37. The Morgan fingerprint density at radius 3 is 1.36 bits per heavy atom. The smallest absolute Gasteiger partial charge is 0.408 e. The third-order valence-corrected chi connectivity index (χ3v) is 10.0. The average Bonchev–Trinajstić information content (AvgIpc) is 3.19. The van der Waals surface area contributed by atoms with Crippen molar-refractivity contribution in [3.8, 4) is 0 Å². The lowest BCUT2D eigenvalue weighted by Crippen LogP contribution is -2.63. The van der Waals surface area contributed by atoms with E-state index in [0.29, 0.717) is 0 Å². The van der Waals surface area contributed by atoms with Crippen LogP contribution in [0.3, 0.4) is 0 Å². The topological polar surface area (TPSA) is 242 Å². The fraction of sp³-hybridized carbons (Fsp3) is 0.574. The third kappa shape index (κ3) is 18.4. The highest BCUT2D eigenvalue weighted by molar-refractivity contribution is 5.98. The highest BCUT2D eigenvalue weighted by Crippen LogP contribution is 2.14. The molecule has 0 spiro atoms. The molecule has 8 amide bonds. The summed E-state index contributed by atoms with van der Waals surface area (Å²) in [6.07, 6.45) is -0.415. The van der Waals surface area contributed by atoms with E-state index in [1.165, 1.54) is 27.8 Å². The van der Waals surface area contributed by atoms with Gasteiger partial charge in [-0.3, -0.25) is 33.6 Å². The van der Waals surface area contributed by atoms with Crippen LogP contribution in [0.25, 0.3) is 0 Å². The standard InChI is InChI=1S/C47H72N8O9/c1-27(2)24-33(39(57)51-34(25-31-20-16-14-17-21-31)40(58)53-36(28(3)4)42(60)48-13)50-38(56)30(7)49-44(62)47(11,12)55-43(61)37(29(5)6)54-41(59)35(26-32-22-18-15-19-23-32)52-45(63)64-46(8,9)10/h14-23,27-30,33-37H,24-26H2,1-13H3,(H,48,60)(H,49,62)(H,50,56)(H,51,57)(H,52,63)(H,53,58)(H,54,59)(H,55,61)/t30-,33+,34+,35+,36+,37+/m1/s1. The lowest BCUT2D eigenvalue weighted by molar-refractivity contribution is -0.137. The van der Waals surface area contributed by atoms with E-state index in [1.807, 2.05) is 26.0 Å². The van der Waals surface area contributed by atoms with E-state index in [2.05, 4.69) is 42.5 Å². The first-order valence-electron chi connectivity index (χ1n) is 21.9. The highest BCUT2D eigenvalue weighted by atomic mass is 16.6. The van der Waals surface area contributed by atoms with Gasteiger partial charge in [-0.25, -0.2) is 4.79 Å². The zero-order valence-electron chi connectivity index (χ0n) is 39.8. The Morgan fingerprint density at radius 1 is 0.516 bits per heavy atom. The maximum absolute atomic E-state index is 13.9. The molecule has 0 bridgehead atoms. The van der Waals surface area contributed by atoms with Gasteiger partial charge in [0.25, 0.3) is 0 Å². The summed E-state index contributed by atoms with van der Waals surface area (Å²) in [5.41, 5.74) is -0.918. The van der Waals surface area contributed by atoms with Crippen molar-refractivity contribution in [1.29, 1.82) is 0 Å². The van der Waals surface area contributed by atoms with Gasteiger partial charge in [0.1, 0.15) is 47.4 Å². The Kier molecular flexibility index (Phi) is 20.9. The molecule has 6 atom stereocenters. The fourth-order valence-electron chi connectivity index (χ4n) is 6.46. The average molecular weight is 893 g/mol. The van der Waals surface area contributed by atoms with Crippen LogP contribution in [0.4, 0.5) is 4.79 Å². The van der Waals surface area contributed by atoms with Crippen molar-refractivity contribution in [2.24, 2.45) is 17.8 Å². The summed E-state index contributed by atoms with van der Waals surface area (Å²) in [7, 11) is 1.47. The fourth-order valence-corrected chi connectivity index (χ4v) is 6.46. The number of hydrogen-bond acceptors (Lipinski definition) is 9. The Morgan fingerprint density at radius 2 is 0.938 bits per heavy atom. The van der Waals surface area contributed by atoms with Crippen LogP contribution in [0.15, 0.2) is 60.7 Å². The van der Waals surface area contributed by atoms with Gasteiger partial charge >= 0.3 is 6.09 Å². The second-order valence-electron chi connectivity index (χ2n) is 18.7. The number of amides is 8. The molecule has 0 radical (unpaired) electrons. The Labute approximate surface area is 378 Å². The Balaban J connectivity index is 2.21. The Hall–Kier alpha value is -6.00. The molecule has 0 unspecified atom stereocenters. The molecule has 0 heterocycles. The number of hydrogen-bond donors (Lipinski definition) is 8. The second-order valence-corrected chi connectivity index (χ2v) is 18.7. The van der Waals surface area contributed by atoms with Gasteiger partial charge in [0.05, 0.1) is 0 Å². The molecular weight excluding hydrogens is 821 g/mol. The molecule has 0 aromatic heterocycles. The van der Waals surface area contributed by atoms with E-state index in [1.54, 1.807) is 97.0 Å². The zero-order valence-corrected chi connectivity index (χ0v) is 39.8. The van der Waals surface area contributed by atoms with E-state index in [9.17, 15) is 38.4 Å². The normalized spacial score (nSPS) is 14.4. The first kappa shape index (κ1) is 54.1. The van der Waals surface area contributed by atoms with Crippen molar-refractivity contribution in [1.82, 2.24) is 42.5 Å². The van der Waals surface area contributed by atoms with Crippen LogP contribution in [0.1, 0.15) is 101 Å². The van der Waals surface area contributed by atoms with Gasteiger partial charge in [0, 0.05) is 19.9 Å². The van der Waals surface area contributed by atoms with Crippen LogP contribution >= 0.6 is 0 Å². The van der Waals surface area contributed by atoms with E-state index in [-0.39, 0.29) is 37.0 Å². The number of benzene rings is 2. The molecule has 0 aliphatic rings. The molecule has 64 heavy (non-hydrogen) atoms. The largest absolute Gasteiger partial charge is 0.444 e. The molecule has 354 valence electrons. The van der Waals surface area contributed by atoms with Crippen molar-refractivity contribution >= 4 is 47.4 Å². The SMILES string of the molecule is CNC(=O)[C@@H](NC(=O)[C@H](Cc1ccccc1)NC(=O)[C@H](CC(C)C)NC(=O)[C@@H](C)NC(=O)C(C)(C)NC(=O)[C@@H](NC(=O)[C@H](Cc1ccccc1)NC(=O)OC(C)(C)C)C(C)C)C(C)C. The molecule has 2 rings (SSSR count). The summed E-state index contributed by atoms with van der Waals surface area (Å²) in [5.74, 6) is -5.16. The minimum absolute atomic E-state index is 0.0776. The number of alkyl carbamates (subject to hydrolysis) is 1. The van der Waals surface area contributed by atoms with Crippen molar-refractivity contribution in [2.75, 3.05) is 7.05 Å². The maximum atomic E-state index is 13.9. The number of carbonyl (C=O) groups is 8. The van der Waals surface area contributed by atoms with Crippen LogP contribution in [0.5, 0.6) is 0 Å². The number of carbonyl (C=O) groups excluding carboxylic acids is 8. The lowest BCUT2D eigenvalue weighted by Gasteiger charge is -2.31. The number of nitrogens with one attached hydrogen (secondary N) is 8. The molecule has 17 heteroatoms. The molecule has 0 saturated carbocycles. The van der Waals surface area contributed by atoms with E-state index >= 15 is 0 Å². The minimum Gasteiger partial charge on any atom is -0.444 e. The number of likely N-dealkylation sites (N-methyl/N-ethyl adjacent to an activating group) is 1. The van der Waals surface area contributed by atoms with Gasteiger partial charge in [-0.2, -0.15) is 0 Å². The summed E-state index contributed by atoms with van der Waals surface area (Å²) in [6.45, 7) is 20.1. The quantitative estimate of drug-likeness (QED) is 0.0866. The molecule has 8 N–H and O–H groups in total. The summed E-state index contributed by atoms with van der Waals surface area (Å²) in [5, 5.41) is 21.4. The van der Waals surface area contributed by atoms with Crippen molar-refractivity contribution in [3.05, 3.63) is 71.8 Å². The molecule has 2 aromatic carbocycles. The van der Waals surface area contributed by atoms with E-state index in [0.717, 1.165) is 11.1 Å². The minimum atomic E-state index is -1.60. The van der Waals surface area contributed by atoms with Gasteiger partial charge < -0.3 is 47.3 Å². The van der Waals surface area contributed by atoms with Crippen LogP contribution in [0.2, 0.25) is 0 Å². The molecule has 0 aliphatic heterocycles. The van der Waals surface area contributed by atoms with Gasteiger partial charge in [0.2, 0.25) is 41.4 Å². The van der Waals surface area contributed by atoms with Crippen molar-refractivity contribution < 1.29 is 43.1 Å². The maximum Gasteiger partial charge on any atom is 0.408 e. The number of rotatable bonds is 22. The summed E-state index contributed by atoms with van der Waals surface area (Å²) >= 11 is 0. The van der Waals surface area contributed by atoms with Crippen LogP contribution in [0, 0.1) is 17.8 Å². The van der Waals surface area contributed by atoms with Crippen LogP contribution < -0.4 is 42.5 Å². The molecule has 0 saturated heterocycles. The van der Waals surface area contributed by atoms with E-state index in [4.69, 9.17) is 4.74 Å².